The molecule has 2 aromatic heterocycles. The van der Waals surface area contributed by atoms with Gasteiger partial charge in [0, 0.05) is 27.2 Å². The molecule has 1 atom stereocenters. The second kappa shape index (κ2) is 9.26. The first-order valence-electron chi connectivity index (χ1n) is 10.8. The van der Waals surface area contributed by atoms with Gasteiger partial charge in [0.25, 0.3) is 5.56 Å². The Balaban J connectivity index is 1.71. The lowest BCUT2D eigenvalue weighted by atomic mass is 10.1. The smallest absolute Gasteiger partial charge is 0.332 e. The summed E-state index contributed by atoms with van der Waals surface area (Å²) in [5, 5.41) is 8.70. The first kappa shape index (κ1) is 22.8. The molecule has 1 aliphatic rings. The molecule has 174 valence electrons. The van der Waals surface area contributed by atoms with E-state index in [4.69, 9.17) is 5.73 Å². The van der Waals surface area contributed by atoms with E-state index in [1.165, 1.54) is 32.3 Å². The Morgan fingerprint density at radius 2 is 1.70 bits per heavy atom. The van der Waals surface area contributed by atoms with Gasteiger partial charge in [-0.25, -0.2) is 4.79 Å². The number of piperidine rings is 1. The fraction of sp³-hybridized carbons (Fsp3) is 0.409. The van der Waals surface area contributed by atoms with Crippen LogP contribution in [0.15, 0.2) is 45.1 Å². The third kappa shape index (κ3) is 4.20. The van der Waals surface area contributed by atoms with Crippen molar-refractivity contribution >= 4 is 29.3 Å². The van der Waals surface area contributed by atoms with Gasteiger partial charge in [0.2, 0.25) is 5.95 Å². The van der Waals surface area contributed by atoms with Crippen LogP contribution in [-0.2, 0) is 14.1 Å². The predicted octanol–water partition coefficient (Wildman–Crippen LogP) is 1.60. The number of para-hydroxylation sites is 1. The number of hydrogen-bond acceptors (Lipinski definition) is 8. The molecule has 0 aliphatic carbocycles. The van der Waals surface area contributed by atoms with Gasteiger partial charge in [0.15, 0.2) is 10.9 Å². The molecule has 11 heteroatoms. The molecule has 0 amide bonds. The molecule has 1 unspecified atom stereocenters. The molecule has 33 heavy (non-hydrogen) atoms. The van der Waals surface area contributed by atoms with E-state index in [0.29, 0.717) is 5.16 Å². The topological polar surface area (TPSA) is 121 Å². The molecule has 1 saturated heterocycles. The molecule has 1 aliphatic heterocycles. The van der Waals surface area contributed by atoms with E-state index in [0.717, 1.165) is 46.7 Å². The lowest BCUT2D eigenvalue weighted by molar-refractivity contribution is 0.0992. The Labute approximate surface area is 195 Å². The second-order valence-electron chi connectivity index (χ2n) is 8.09. The highest BCUT2D eigenvalue weighted by Gasteiger charge is 2.28. The summed E-state index contributed by atoms with van der Waals surface area (Å²) in [6.45, 7) is 3.49. The summed E-state index contributed by atoms with van der Waals surface area (Å²) in [5.74, 6) is 0.135. The van der Waals surface area contributed by atoms with E-state index in [1.54, 1.807) is 6.92 Å². The molecule has 2 N–H and O–H groups in total. The minimum Gasteiger partial charge on any atom is -0.384 e. The lowest BCUT2D eigenvalue weighted by Crippen LogP contribution is -2.42. The number of aromatic nitrogens is 5. The molecule has 0 radical (unpaired) electrons. The summed E-state index contributed by atoms with van der Waals surface area (Å²) < 4.78 is 3.94. The number of Topliss-reactive ketones (excluding diaryl/α,β-unsaturated/α-hetero) is 1. The van der Waals surface area contributed by atoms with Crippen molar-refractivity contribution in [1.29, 1.82) is 0 Å². The average Bonchev–Trinajstić information content (AvgIpc) is 3.26. The van der Waals surface area contributed by atoms with Crippen LogP contribution in [0.4, 0.5) is 11.8 Å². The number of benzene rings is 1. The number of nitrogen functional groups attached to an aromatic ring is 1. The van der Waals surface area contributed by atoms with Crippen molar-refractivity contribution in [3.8, 4) is 5.69 Å². The molecule has 4 rings (SSSR count). The summed E-state index contributed by atoms with van der Waals surface area (Å²) in [6, 6.07) is 9.74. The number of nitrogens with zero attached hydrogens (tertiary/aromatic N) is 6. The molecule has 3 heterocycles. The number of hydrogen-bond donors (Lipinski definition) is 1. The summed E-state index contributed by atoms with van der Waals surface area (Å²) >= 11 is 1.21. The maximum absolute atomic E-state index is 13.3. The Morgan fingerprint density at radius 3 is 2.36 bits per heavy atom. The zero-order valence-electron chi connectivity index (χ0n) is 18.9. The van der Waals surface area contributed by atoms with E-state index in [9.17, 15) is 14.4 Å². The monoisotopic (exact) mass is 469 g/mol. The van der Waals surface area contributed by atoms with Gasteiger partial charge in [0.05, 0.1) is 10.9 Å². The second-order valence-corrected chi connectivity index (χ2v) is 9.40. The third-order valence-electron chi connectivity index (χ3n) is 5.88. The fourth-order valence-electron chi connectivity index (χ4n) is 3.95. The third-order valence-corrected chi connectivity index (χ3v) is 6.92. The number of carbonyl (C=O) groups is 1. The summed E-state index contributed by atoms with van der Waals surface area (Å²) in [5.41, 5.74) is 5.40. The van der Waals surface area contributed by atoms with Crippen molar-refractivity contribution in [3.05, 3.63) is 56.7 Å². The van der Waals surface area contributed by atoms with Crippen LogP contribution in [-0.4, -0.2) is 48.0 Å². The van der Waals surface area contributed by atoms with Crippen molar-refractivity contribution in [3.63, 3.8) is 0 Å². The first-order chi connectivity index (χ1) is 15.8. The Kier molecular flexibility index (Phi) is 6.41. The average molecular weight is 470 g/mol. The fourth-order valence-corrected chi connectivity index (χ4v) is 4.87. The Hall–Kier alpha value is -3.34. The van der Waals surface area contributed by atoms with Crippen LogP contribution in [0.5, 0.6) is 0 Å². The van der Waals surface area contributed by atoms with Gasteiger partial charge in [-0.15, -0.1) is 10.2 Å². The minimum atomic E-state index is -0.702. The quantitative estimate of drug-likeness (QED) is 0.427. The van der Waals surface area contributed by atoms with Gasteiger partial charge in [-0.3, -0.25) is 23.3 Å². The van der Waals surface area contributed by atoms with Crippen LogP contribution in [0, 0.1) is 0 Å². The maximum Gasteiger partial charge on any atom is 0.332 e. The summed E-state index contributed by atoms with van der Waals surface area (Å²) in [7, 11) is 2.76. The van der Waals surface area contributed by atoms with Gasteiger partial charge in [0.1, 0.15) is 11.4 Å². The van der Waals surface area contributed by atoms with Crippen molar-refractivity contribution in [2.75, 3.05) is 23.7 Å². The molecule has 0 spiro atoms. The number of anilines is 2. The van der Waals surface area contributed by atoms with Crippen LogP contribution < -0.4 is 21.9 Å². The van der Waals surface area contributed by atoms with Crippen molar-refractivity contribution in [2.45, 2.75) is 36.6 Å². The zero-order chi connectivity index (χ0) is 23.7. The summed E-state index contributed by atoms with van der Waals surface area (Å²) in [6.07, 6.45) is 3.38. The lowest BCUT2D eigenvalue weighted by Gasteiger charge is -2.28. The first-order valence-corrected chi connectivity index (χ1v) is 11.7. The summed E-state index contributed by atoms with van der Waals surface area (Å²) in [4.78, 5) is 40.2. The number of carbonyl (C=O) groups excluding carboxylic acids is 1. The highest BCUT2D eigenvalue weighted by molar-refractivity contribution is 8.00. The van der Waals surface area contributed by atoms with E-state index < -0.39 is 22.3 Å². The van der Waals surface area contributed by atoms with Crippen molar-refractivity contribution < 1.29 is 4.79 Å². The van der Waals surface area contributed by atoms with E-state index in [1.807, 2.05) is 34.9 Å². The van der Waals surface area contributed by atoms with Gasteiger partial charge >= 0.3 is 5.69 Å². The van der Waals surface area contributed by atoms with Crippen LogP contribution in [0.25, 0.3) is 5.69 Å². The zero-order valence-corrected chi connectivity index (χ0v) is 19.7. The van der Waals surface area contributed by atoms with Gasteiger partial charge in [-0.2, -0.15) is 0 Å². The standard InChI is InChI=1S/C22H27N7O3S/c1-14(17(30)16-18(23)26(2)22(32)27(3)19(16)31)33-21-25-24-20(28-12-8-5-9-13-28)29(21)15-10-6-4-7-11-15/h4,6-7,10-11,14H,5,8-9,12-13,23H2,1-3H3. The van der Waals surface area contributed by atoms with E-state index >= 15 is 0 Å². The number of rotatable bonds is 6. The number of nitrogens with two attached hydrogens (primary N) is 1. The van der Waals surface area contributed by atoms with Crippen LogP contribution in [0.3, 0.4) is 0 Å². The predicted molar refractivity (Wildman–Crippen MR) is 128 cm³/mol. The molecular formula is C22H27N7O3S. The van der Waals surface area contributed by atoms with Crippen molar-refractivity contribution in [2.24, 2.45) is 14.1 Å². The van der Waals surface area contributed by atoms with E-state index in [-0.39, 0.29) is 11.4 Å². The largest absolute Gasteiger partial charge is 0.384 e. The van der Waals surface area contributed by atoms with E-state index in [2.05, 4.69) is 15.1 Å². The molecule has 10 nitrogen and oxygen atoms in total. The maximum atomic E-state index is 13.3. The SMILES string of the molecule is CC(Sc1nnc(N2CCCCC2)n1-c1ccccc1)C(=O)c1c(N)n(C)c(=O)n(C)c1=O. The highest BCUT2D eigenvalue weighted by Crippen LogP contribution is 2.31. The minimum absolute atomic E-state index is 0.140. The van der Waals surface area contributed by atoms with Crippen LogP contribution in [0.2, 0.25) is 0 Å². The highest BCUT2D eigenvalue weighted by atomic mass is 32.2. The van der Waals surface area contributed by atoms with Gasteiger partial charge in [-0.1, -0.05) is 30.0 Å². The van der Waals surface area contributed by atoms with Gasteiger partial charge in [-0.05, 0) is 38.3 Å². The molecule has 3 aromatic rings. The Morgan fingerprint density at radius 1 is 1.03 bits per heavy atom. The Bertz CT molecular complexity index is 1290. The van der Waals surface area contributed by atoms with Gasteiger partial charge < -0.3 is 10.6 Å². The van der Waals surface area contributed by atoms with Crippen LogP contribution >= 0.6 is 11.8 Å². The normalized spacial score (nSPS) is 14.9. The molecule has 1 aromatic carbocycles. The molecule has 0 saturated carbocycles. The molecule has 0 bridgehead atoms. The molecule has 1 fully saturated rings. The van der Waals surface area contributed by atoms with Crippen molar-refractivity contribution in [1.82, 2.24) is 23.9 Å². The number of ketones is 1. The van der Waals surface area contributed by atoms with Crippen LogP contribution in [0.1, 0.15) is 36.5 Å². The molecular weight excluding hydrogens is 442 g/mol. The number of thioether (sulfide) groups is 1.